The van der Waals surface area contributed by atoms with Gasteiger partial charge in [-0.2, -0.15) is 0 Å². The Labute approximate surface area is 113 Å². The summed E-state index contributed by atoms with van der Waals surface area (Å²) in [4.78, 5) is 25.7. The first kappa shape index (κ1) is 12.0. The highest BCUT2D eigenvalue weighted by molar-refractivity contribution is 7.07. The number of hydrogen-bond acceptors (Lipinski definition) is 4. The number of carbonyl (C=O) groups is 1. The molecule has 0 fully saturated rings. The number of fused-ring (bicyclic) bond motifs is 1. The number of nitrogens with one attached hydrogen (secondary N) is 3. The van der Waals surface area contributed by atoms with Gasteiger partial charge >= 0.3 is 4.87 Å². The summed E-state index contributed by atoms with van der Waals surface area (Å²) in [5, 5.41) is 7.80. The van der Waals surface area contributed by atoms with Gasteiger partial charge in [0.2, 0.25) is 5.91 Å². The number of carbonyl (C=O) groups excluding carboxylic acids is 1. The monoisotopic (exact) mass is 275 g/mol. The third-order valence-corrected chi connectivity index (χ3v) is 3.89. The fourth-order valence-electron chi connectivity index (χ4n) is 2.22. The largest absolute Gasteiger partial charge is 0.384 e. The van der Waals surface area contributed by atoms with Gasteiger partial charge in [0, 0.05) is 23.3 Å². The zero-order valence-corrected chi connectivity index (χ0v) is 10.9. The fraction of sp³-hybridized carbons (Fsp3) is 0.231. The molecule has 0 radical (unpaired) electrons. The molecule has 3 rings (SSSR count). The van der Waals surface area contributed by atoms with E-state index in [1.54, 1.807) is 5.38 Å². The number of H-pyrrole nitrogens is 1. The summed E-state index contributed by atoms with van der Waals surface area (Å²) in [7, 11) is 0. The molecule has 1 atom stereocenters. The van der Waals surface area contributed by atoms with Crippen LogP contribution in [0.25, 0.3) is 0 Å². The maximum Gasteiger partial charge on any atom is 0.304 e. The van der Waals surface area contributed by atoms with Gasteiger partial charge in [-0.25, -0.2) is 0 Å². The second-order valence-electron chi connectivity index (χ2n) is 4.41. The molecule has 0 saturated carbocycles. The van der Waals surface area contributed by atoms with Crippen molar-refractivity contribution in [2.45, 2.75) is 12.5 Å². The fourth-order valence-corrected chi connectivity index (χ4v) is 2.81. The van der Waals surface area contributed by atoms with E-state index in [9.17, 15) is 9.59 Å². The van der Waals surface area contributed by atoms with E-state index in [1.165, 1.54) is 0 Å². The van der Waals surface area contributed by atoms with Crippen molar-refractivity contribution < 1.29 is 4.79 Å². The van der Waals surface area contributed by atoms with E-state index >= 15 is 0 Å². The van der Waals surface area contributed by atoms with Gasteiger partial charge in [-0.1, -0.05) is 29.5 Å². The number of hydrogen-bond donors (Lipinski definition) is 3. The van der Waals surface area contributed by atoms with Gasteiger partial charge in [0.1, 0.15) is 0 Å². The Morgan fingerprint density at radius 2 is 2.26 bits per heavy atom. The first-order valence-electron chi connectivity index (χ1n) is 6.01. The van der Waals surface area contributed by atoms with Gasteiger partial charge in [0.25, 0.3) is 0 Å². The van der Waals surface area contributed by atoms with Gasteiger partial charge in [-0.15, -0.1) is 0 Å². The molecule has 1 unspecified atom stereocenters. The molecule has 1 amide bonds. The summed E-state index contributed by atoms with van der Waals surface area (Å²) in [5.74, 6) is -0.189. The summed E-state index contributed by atoms with van der Waals surface area (Å²) in [6.07, 6.45) is 0. The number of rotatable bonds is 3. The smallest absolute Gasteiger partial charge is 0.304 e. The average Bonchev–Trinajstić information content (AvgIpc) is 3.02. The van der Waals surface area contributed by atoms with Crippen LogP contribution in [0.15, 0.2) is 34.4 Å². The van der Waals surface area contributed by atoms with Crippen molar-refractivity contribution in [3.8, 4) is 0 Å². The first-order chi connectivity index (χ1) is 9.24. The van der Waals surface area contributed by atoms with Crippen molar-refractivity contribution in [1.82, 2.24) is 10.3 Å². The molecule has 1 aromatic carbocycles. The number of benzene rings is 1. The topological polar surface area (TPSA) is 74.0 Å². The molecule has 19 heavy (non-hydrogen) atoms. The van der Waals surface area contributed by atoms with Crippen molar-refractivity contribution in [3.63, 3.8) is 0 Å². The van der Waals surface area contributed by atoms with E-state index < -0.39 is 0 Å². The SMILES string of the molecule is O=C(NCc1csc(=O)[nH]1)C1CNc2ccccc21. The van der Waals surface area contributed by atoms with Crippen LogP contribution >= 0.6 is 11.3 Å². The summed E-state index contributed by atoms with van der Waals surface area (Å²) in [5.41, 5.74) is 2.79. The zero-order chi connectivity index (χ0) is 13.2. The first-order valence-corrected chi connectivity index (χ1v) is 6.89. The van der Waals surface area contributed by atoms with Crippen LogP contribution < -0.4 is 15.5 Å². The number of aromatic amines is 1. The van der Waals surface area contributed by atoms with Crippen molar-refractivity contribution in [3.05, 3.63) is 50.6 Å². The van der Waals surface area contributed by atoms with Gasteiger partial charge in [0.15, 0.2) is 0 Å². The molecule has 2 heterocycles. The predicted octanol–water partition coefficient (Wildman–Crippen LogP) is 1.26. The minimum atomic E-state index is -0.165. The third-order valence-electron chi connectivity index (χ3n) is 3.17. The molecular formula is C13H13N3O2S. The molecule has 1 aliphatic rings. The highest BCUT2D eigenvalue weighted by atomic mass is 32.1. The van der Waals surface area contributed by atoms with Crippen molar-refractivity contribution in [2.75, 3.05) is 11.9 Å². The summed E-state index contributed by atoms with van der Waals surface area (Å²) < 4.78 is 0. The molecular weight excluding hydrogens is 262 g/mol. The van der Waals surface area contributed by atoms with E-state index in [0.717, 1.165) is 28.3 Å². The van der Waals surface area contributed by atoms with Gasteiger partial charge in [0.05, 0.1) is 12.5 Å². The molecule has 0 spiro atoms. The summed E-state index contributed by atoms with van der Waals surface area (Å²) in [6, 6.07) is 7.82. The Bertz CT molecular complexity index is 662. The number of para-hydroxylation sites is 1. The highest BCUT2D eigenvalue weighted by Gasteiger charge is 2.27. The number of amides is 1. The van der Waals surface area contributed by atoms with Crippen LogP contribution in [-0.4, -0.2) is 17.4 Å². The van der Waals surface area contributed by atoms with Crippen molar-refractivity contribution >= 4 is 22.9 Å². The number of aromatic nitrogens is 1. The normalized spacial score (nSPS) is 16.7. The average molecular weight is 275 g/mol. The quantitative estimate of drug-likeness (QED) is 0.789. The number of anilines is 1. The van der Waals surface area contributed by atoms with Gasteiger partial charge < -0.3 is 15.6 Å². The van der Waals surface area contributed by atoms with Crippen LogP contribution in [-0.2, 0) is 11.3 Å². The molecule has 0 aliphatic carbocycles. The standard InChI is InChI=1S/C13H13N3O2S/c17-12(15-5-8-7-19-13(18)16-8)10-6-14-11-4-2-1-3-9(10)11/h1-4,7,10,14H,5-6H2,(H,15,17)(H,16,18). The Morgan fingerprint density at radius 3 is 3.05 bits per heavy atom. The van der Waals surface area contributed by atoms with Gasteiger partial charge in [-0.05, 0) is 11.6 Å². The predicted molar refractivity (Wildman–Crippen MR) is 74.5 cm³/mol. The molecule has 5 nitrogen and oxygen atoms in total. The van der Waals surface area contributed by atoms with E-state index in [4.69, 9.17) is 0 Å². The van der Waals surface area contributed by atoms with E-state index in [1.807, 2.05) is 24.3 Å². The van der Waals surface area contributed by atoms with E-state index in [0.29, 0.717) is 13.1 Å². The maximum atomic E-state index is 12.1. The van der Waals surface area contributed by atoms with Crippen LogP contribution in [0.4, 0.5) is 5.69 Å². The van der Waals surface area contributed by atoms with Crippen LogP contribution in [0.1, 0.15) is 17.2 Å². The molecule has 1 aromatic heterocycles. The van der Waals surface area contributed by atoms with Crippen molar-refractivity contribution in [1.29, 1.82) is 0 Å². The van der Waals surface area contributed by atoms with Crippen LogP contribution in [0.2, 0.25) is 0 Å². The third kappa shape index (κ3) is 2.39. The Balaban J connectivity index is 1.67. The highest BCUT2D eigenvalue weighted by Crippen LogP contribution is 2.30. The minimum Gasteiger partial charge on any atom is -0.384 e. The Morgan fingerprint density at radius 1 is 1.42 bits per heavy atom. The lowest BCUT2D eigenvalue weighted by Crippen LogP contribution is -2.30. The lowest BCUT2D eigenvalue weighted by molar-refractivity contribution is -0.122. The Kier molecular flexibility index (Phi) is 3.08. The summed E-state index contributed by atoms with van der Waals surface area (Å²) in [6.45, 7) is 0.974. The van der Waals surface area contributed by atoms with Crippen LogP contribution in [0.5, 0.6) is 0 Å². The van der Waals surface area contributed by atoms with Gasteiger partial charge in [-0.3, -0.25) is 9.59 Å². The van der Waals surface area contributed by atoms with E-state index in [2.05, 4.69) is 15.6 Å². The maximum absolute atomic E-state index is 12.1. The van der Waals surface area contributed by atoms with Crippen molar-refractivity contribution in [2.24, 2.45) is 0 Å². The molecule has 2 aromatic rings. The summed E-state index contributed by atoms with van der Waals surface area (Å²) >= 11 is 1.10. The zero-order valence-electron chi connectivity index (χ0n) is 10.1. The molecule has 3 N–H and O–H groups in total. The molecule has 0 saturated heterocycles. The number of thiazole rings is 1. The molecule has 6 heteroatoms. The molecule has 0 bridgehead atoms. The molecule has 1 aliphatic heterocycles. The second-order valence-corrected chi connectivity index (χ2v) is 5.25. The van der Waals surface area contributed by atoms with Crippen LogP contribution in [0.3, 0.4) is 0 Å². The molecule has 98 valence electrons. The van der Waals surface area contributed by atoms with Crippen LogP contribution in [0, 0.1) is 0 Å². The Hall–Kier alpha value is -2.08. The second kappa shape index (κ2) is 4.89. The lowest BCUT2D eigenvalue weighted by Gasteiger charge is -2.10. The van der Waals surface area contributed by atoms with E-state index in [-0.39, 0.29) is 16.7 Å². The minimum absolute atomic E-state index is 0.0236. The lowest BCUT2D eigenvalue weighted by atomic mass is 10.0.